The van der Waals surface area contributed by atoms with Crippen LogP contribution in [0.1, 0.15) is 49.3 Å². The Labute approximate surface area is 109 Å². The molecule has 0 N–H and O–H groups in total. The molecule has 3 heterocycles. The molecule has 1 atom stereocenters. The molecule has 18 heavy (non-hydrogen) atoms. The average molecular weight is 241 g/mol. The maximum Gasteiger partial charge on any atom is 0.209 e. The number of nitrogens with zero attached hydrogens (tertiary/aromatic N) is 2. The number of rotatable bonds is 2. The van der Waals surface area contributed by atoms with E-state index in [0.29, 0.717) is 0 Å². The molecular weight excluding hydrogens is 220 g/mol. The SMILES string of the molecule is C[n+]1ccc(C2CC2)cc1C1=CN2CCC2CC1. The molecule has 1 saturated heterocycles. The summed E-state index contributed by atoms with van der Waals surface area (Å²) < 4.78 is 2.29. The first-order chi connectivity index (χ1) is 8.81. The van der Waals surface area contributed by atoms with Crippen molar-refractivity contribution in [2.24, 2.45) is 7.05 Å². The number of allylic oxidation sites excluding steroid dienone is 1. The van der Waals surface area contributed by atoms with E-state index in [9.17, 15) is 0 Å². The maximum absolute atomic E-state index is 2.53. The minimum Gasteiger partial charge on any atom is -0.374 e. The van der Waals surface area contributed by atoms with E-state index in [2.05, 4.69) is 41.0 Å². The molecule has 1 aromatic rings. The van der Waals surface area contributed by atoms with Crippen molar-refractivity contribution in [2.45, 2.75) is 44.1 Å². The molecule has 1 aliphatic carbocycles. The van der Waals surface area contributed by atoms with E-state index in [1.54, 1.807) is 5.56 Å². The van der Waals surface area contributed by atoms with E-state index >= 15 is 0 Å². The number of fused-ring (bicyclic) bond motifs is 1. The summed E-state index contributed by atoms with van der Waals surface area (Å²) in [5, 5.41) is 0. The summed E-state index contributed by atoms with van der Waals surface area (Å²) in [6.07, 6.45) is 11.4. The van der Waals surface area contributed by atoms with Gasteiger partial charge in [-0.1, -0.05) is 0 Å². The van der Waals surface area contributed by atoms with Crippen LogP contribution in [-0.2, 0) is 7.05 Å². The highest BCUT2D eigenvalue weighted by Crippen LogP contribution is 2.41. The van der Waals surface area contributed by atoms with Crippen molar-refractivity contribution in [3.63, 3.8) is 0 Å². The summed E-state index contributed by atoms with van der Waals surface area (Å²) >= 11 is 0. The smallest absolute Gasteiger partial charge is 0.209 e. The van der Waals surface area contributed by atoms with Crippen molar-refractivity contribution in [2.75, 3.05) is 6.54 Å². The number of hydrogen-bond donors (Lipinski definition) is 0. The third-order valence-corrected chi connectivity index (χ3v) is 4.81. The van der Waals surface area contributed by atoms with Crippen molar-refractivity contribution in [3.8, 4) is 0 Å². The summed E-state index contributed by atoms with van der Waals surface area (Å²) in [6, 6.07) is 5.59. The van der Waals surface area contributed by atoms with E-state index in [0.717, 1.165) is 12.0 Å². The van der Waals surface area contributed by atoms with Crippen molar-refractivity contribution >= 4 is 5.57 Å². The molecule has 2 fully saturated rings. The predicted molar refractivity (Wildman–Crippen MR) is 71.9 cm³/mol. The van der Waals surface area contributed by atoms with Crippen LogP contribution in [-0.4, -0.2) is 17.5 Å². The lowest BCUT2D eigenvalue weighted by Crippen LogP contribution is -2.46. The third-order valence-electron chi connectivity index (χ3n) is 4.81. The van der Waals surface area contributed by atoms with Crippen LogP contribution >= 0.6 is 0 Å². The zero-order chi connectivity index (χ0) is 12.1. The summed E-state index contributed by atoms with van der Waals surface area (Å²) in [5.41, 5.74) is 4.52. The monoisotopic (exact) mass is 241 g/mol. The van der Waals surface area contributed by atoms with Crippen LogP contribution in [0.5, 0.6) is 0 Å². The lowest BCUT2D eigenvalue weighted by Gasteiger charge is -2.43. The topological polar surface area (TPSA) is 7.12 Å². The highest BCUT2D eigenvalue weighted by atomic mass is 15.2. The van der Waals surface area contributed by atoms with Crippen molar-refractivity contribution < 1.29 is 4.57 Å². The second-order valence-corrected chi connectivity index (χ2v) is 6.10. The Hall–Kier alpha value is -1.31. The lowest BCUT2D eigenvalue weighted by atomic mass is 9.90. The summed E-state index contributed by atoms with van der Waals surface area (Å²) in [6.45, 7) is 1.26. The first kappa shape index (κ1) is 10.6. The van der Waals surface area contributed by atoms with Gasteiger partial charge < -0.3 is 4.90 Å². The van der Waals surface area contributed by atoms with Gasteiger partial charge in [0.15, 0.2) is 6.20 Å². The van der Waals surface area contributed by atoms with E-state index in [4.69, 9.17) is 0 Å². The van der Waals surface area contributed by atoms with Gasteiger partial charge in [0.1, 0.15) is 7.05 Å². The lowest BCUT2D eigenvalue weighted by molar-refractivity contribution is -0.674. The van der Waals surface area contributed by atoms with Crippen LogP contribution in [0.15, 0.2) is 24.5 Å². The van der Waals surface area contributed by atoms with Crippen LogP contribution in [0.25, 0.3) is 5.57 Å². The molecule has 0 spiro atoms. The van der Waals surface area contributed by atoms with Crippen LogP contribution in [0.3, 0.4) is 0 Å². The highest BCUT2D eigenvalue weighted by molar-refractivity contribution is 5.62. The molecule has 2 nitrogen and oxygen atoms in total. The second kappa shape index (κ2) is 3.84. The van der Waals surface area contributed by atoms with Crippen LogP contribution in [0, 0.1) is 0 Å². The minimum atomic E-state index is 0.852. The van der Waals surface area contributed by atoms with Crippen molar-refractivity contribution in [1.82, 2.24) is 4.90 Å². The Bertz CT molecular complexity index is 514. The van der Waals surface area contributed by atoms with Gasteiger partial charge in [-0.25, -0.2) is 4.57 Å². The molecule has 2 heteroatoms. The third kappa shape index (κ3) is 1.66. The highest BCUT2D eigenvalue weighted by Gasteiger charge is 2.32. The van der Waals surface area contributed by atoms with Gasteiger partial charge in [-0.3, -0.25) is 0 Å². The van der Waals surface area contributed by atoms with E-state index < -0.39 is 0 Å². The molecule has 0 radical (unpaired) electrons. The fraction of sp³-hybridized carbons (Fsp3) is 0.562. The standard InChI is InChI=1S/C16H21N2/c1-17-8-6-13(12-2-3-12)10-16(17)14-4-5-15-7-9-18(15)11-14/h6,8,10-12,15H,2-5,7,9H2,1H3/q+1. The number of hydrogen-bond acceptors (Lipinski definition) is 1. The molecular formula is C16H21N2+. The molecule has 3 aliphatic rings. The molecule has 1 saturated carbocycles. The summed E-state index contributed by atoms with van der Waals surface area (Å²) in [7, 11) is 2.18. The molecule has 1 unspecified atom stereocenters. The van der Waals surface area contributed by atoms with Gasteiger partial charge in [-0.05, 0) is 43.6 Å². The van der Waals surface area contributed by atoms with Gasteiger partial charge in [-0.15, -0.1) is 0 Å². The fourth-order valence-electron chi connectivity index (χ4n) is 3.30. The van der Waals surface area contributed by atoms with E-state index in [1.165, 1.54) is 49.9 Å². The largest absolute Gasteiger partial charge is 0.374 e. The number of pyridine rings is 1. The van der Waals surface area contributed by atoms with Crippen LogP contribution < -0.4 is 4.57 Å². The van der Waals surface area contributed by atoms with Gasteiger partial charge in [0.05, 0.1) is 0 Å². The van der Waals surface area contributed by atoms with Crippen LogP contribution in [0.2, 0.25) is 0 Å². The molecule has 94 valence electrons. The van der Waals surface area contributed by atoms with Gasteiger partial charge in [0.25, 0.3) is 0 Å². The van der Waals surface area contributed by atoms with Gasteiger partial charge >= 0.3 is 0 Å². The Morgan fingerprint density at radius 3 is 2.78 bits per heavy atom. The predicted octanol–water partition coefficient (Wildman–Crippen LogP) is 2.60. The molecule has 0 amide bonds. The van der Waals surface area contributed by atoms with Crippen molar-refractivity contribution in [1.29, 1.82) is 0 Å². The average Bonchev–Trinajstić information content (AvgIpc) is 3.16. The zero-order valence-electron chi connectivity index (χ0n) is 11.1. The Morgan fingerprint density at radius 1 is 1.22 bits per heavy atom. The summed E-state index contributed by atoms with van der Waals surface area (Å²) in [5.74, 6) is 0.853. The molecule has 2 aliphatic heterocycles. The molecule has 4 rings (SSSR count). The number of aromatic nitrogens is 1. The quantitative estimate of drug-likeness (QED) is 0.722. The number of aryl methyl sites for hydroxylation is 1. The van der Waals surface area contributed by atoms with Gasteiger partial charge in [0, 0.05) is 36.5 Å². The normalized spacial score (nSPS) is 26.4. The minimum absolute atomic E-state index is 0.852. The Kier molecular flexibility index (Phi) is 2.26. The van der Waals surface area contributed by atoms with Gasteiger partial charge in [0.2, 0.25) is 5.69 Å². The maximum atomic E-state index is 2.53. The van der Waals surface area contributed by atoms with E-state index in [1.807, 2.05) is 0 Å². The van der Waals surface area contributed by atoms with Crippen molar-refractivity contribution in [3.05, 3.63) is 35.8 Å². The van der Waals surface area contributed by atoms with Gasteiger partial charge in [-0.2, -0.15) is 0 Å². The van der Waals surface area contributed by atoms with Crippen LogP contribution in [0.4, 0.5) is 0 Å². The summed E-state index contributed by atoms with van der Waals surface area (Å²) in [4.78, 5) is 2.53. The molecule has 0 bridgehead atoms. The molecule has 1 aromatic heterocycles. The Balaban J connectivity index is 1.70. The van der Waals surface area contributed by atoms with E-state index in [-0.39, 0.29) is 0 Å². The second-order valence-electron chi connectivity index (χ2n) is 6.10. The Morgan fingerprint density at radius 2 is 2.11 bits per heavy atom. The fourth-order valence-corrected chi connectivity index (χ4v) is 3.30. The first-order valence-electron chi connectivity index (χ1n) is 7.27. The molecule has 0 aromatic carbocycles. The first-order valence-corrected chi connectivity index (χ1v) is 7.27. The zero-order valence-corrected chi connectivity index (χ0v) is 11.1.